The van der Waals surface area contributed by atoms with E-state index in [1.165, 1.54) is 0 Å². The van der Waals surface area contributed by atoms with Gasteiger partial charge in [0.2, 0.25) is 0 Å². The number of nitrogens with zero attached hydrogens (tertiary/aromatic N) is 2. The number of thiophene rings is 1. The first-order valence-corrected chi connectivity index (χ1v) is 7.77. The minimum Gasteiger partial charge on any atom is -0.388 e. The molecule has 1 unspecified atom stereocenters. The third-order valence-corrected chi connectivity index (χ3v) is 4.80. The largest absolute Gasteiger partial charge is 0.388 e. The Morgan fingerprint density at radius 2 is 2.19 bits per heavy atom. The molecule has 2 heterocycles. The summed E-state index contributed by atoms with van der Waals surface area (Å²) in [6.45, 7) is 6.07. The molecule has 2 N–H and O–H groups in total. The number of nitrogens with one attached hydrogen (secondary N) is 1. The van der Waals surface area contributed by atoms with Crippen LogP contribution in [0.4, 0.5) is 0 Å². The molecular weight excluding hydrogens is 286 g/mol. The number of aryl methyl sites for hydroxylation is 2. The lowest BCUT2D eigenvalue weighted by atomic mass is 10.2. The van der Waals surface area contributed by atoms with Gasteiger partial charge in [-0.05, 0) is 39.3 Å². The van der Waals surface area contributed by atoms with Crippen molar-refractivity contribution in [3.63, 3.8) is 0 Å². The van der Waals surface area contributed by atoms with E-state index in [9.17, 15) is 9.90 Å². The molecule has 0 aromatic carbocycles. The van der Waals surface area contributed by atoms with Crippen LogP contribution in [-0.4, -0.2) is 27.3 Å². The van der Waals surface area contributed by atoms with Gasteiger partial charge in [-0.25, -0.2) is 0 Å². The topological polar surface area (TPSA) is 67.2 Å². The Morgan fingerprint density at radius 3 is 2.71 bits per heavy atom. The lowest BCUT2D eigenvalue weighted by molar-refractivity contribution is 0.0953. The van der Waals surface area contributed by atoms with Gasteiger partial charge in [0.1, 0.15) is 0 Å². The van der Waals surface area contributed by atoms with Crippen molar-refractivity contribution in [2.45, 2.75) is 33.3 Å². The van der Waals surface area contributed by atoms with E-state index >= 15 is 0 Å². The fourth-order valence-electron chi connectivity index (χ4n) is 2.24. The molecule has 0 fully saturated rings. The summed E-state index contributed by atoms with van der Waals surface area (Å²) >= 11 is 1.58. The summed E-state index contributed by atoms with van der Waals surface area (Å²) in [5, 5.41) is 16.7. The number of aliphatic hydroxyl groups is 1. The highest BCUT2D eigenvalue weighted by molar-refractivity contribution is 7.12. The molecular formula is C15H21N3O2S. The molecule has 21 heavy (non-hydrogen) atoms. The maximum Gasteiger partial charge on any atom is 0.255 e. The molecule has 0 saturated heterocycles. The summed E-state index contributed by atoms with van der Waals surface area (Å²) in [6, 6.07) is 3.93. The van der Waals surface area contributed by atoms with Crippen molar-refractivity contribution in [2.24, 2.45) is 7.05 Å². The number of aromatic nitrogens is 2. The van der Waals surface area contributed by atoms with E-state index in [1.807, 2.05) is 33.0 Å². The molecule has 5 nitrogen and oxygen atoms in total. The van der Waals surface area contributed by atoms with Crippen LogP contribution in [0.2, 0.25) is 0 Å². The van der Waals surface area contributed by atoms with Crippen molar-refractivity contribution < 1.29 is 9.90 Å². The molecule has 0 saturated carbocycles. The van der Waals surface area contributed by atoms with Gasteiger partial charge in [0.05, 0.1) is 17.4 Å². The van der Waals surface area contributed by atoms with Crippen molar-refractivity contribution >= 4 is 17.2 Å². The highest BCUT2D eigenvalue weighted by Gasteiger charge is 2.16. The van der Waals surface area contributed by atoms with Gasteiger partial charge in [-0.1, -0.05) is 0 Å². The summed E-state index contributed by atoms with van der Waals surface area (Å²) in [4.78, 5) is 14.3. The minimum atomic E-state index is -0.431. The van der Waals surface area contributed by atoms with Gasteiger partial charge in [-0.2, -0.15) is 5.10 Å². The van der Waals surface area contributed by atoms with E-state index in [-0.39, 0.29) is 5.91 Å². The van der Waals surface area contributed by atoms with Gasteiger partial charge in [0.25, 0.3) is 5.91 Å². The van der Waals surface area contributed by atoms with Crippen molar-refractivity contribution in [1.29, 1.82) is 0 Å². The highest BCUT2D eigenvalue weighted by Crippen LogP contribution is 2.23. The Kier molecular flexibility index (Phi) is 4.80. The number of carbonyl (C=O) groups excluding carboxylic acids is 1. The van der Waals surface area contributed by atoms with Gasteiger partial charge < -0.3 is 10.4 Å². The van der Waals surface area contributed by atoms with E-state index in [4.69, 9.17) is 0 Å². The van der Waals surface area contributed by atoms with Crippen LogP contribution in [0.25, 0.3) is 0 Å². The molecule has 0 aliphatic heterocycles. The summed E-state index contributed by atoms with van der Waals surface area (Å²) in [5.74, 6) is -0.0783. The Bertz CT molecular complexity index is 643. The van der Waals surface area contributed by atoms with Crippen molar-refractivity contribution in [3.8, 4) is 0 Å². The molecule has 0 radical (unpaired) electrons. The normalized spacial score (nSPS) is 12.4. The number of carbonyl (C=O) groups is 1. The van der Waals surface area contributed by atoms with Crippen LogP contribution in [0.5, 0.6) is 0 Å². The van der Waals surface area contributed by atoms with Gasteiger partial charge >= 0.3 is 0 Å². The van der Waals surface area contributed by atoms with E-state index in [0.29, 0.717) is 12.1 Å². The number of aliphatic hydroxyl groups excluding tert-OH is 1. The van der Waals surface area contributed by atoms with Crippen molar-refractivity contribution in [3.05, 3.63) is 38.8 Å². The molecule has 2 rings (SSSR count). The van der Waals surface area contributed by atoms with Crippen LogP contribution < -0.4 is 5.32 Å². The molecule has 0 aliphatic carbocycles. The van der Waals surface area contributed by atoms with Crippen LogP contribution in [-0.2, 0) is 13.5 Å². The van der Waals surface area contributed by atoms with Gasteiger partial charge in [0.15, 0.2) is 0 Å². The van der Waals surface area contributed by atoms with Crippen LogP contribution in [0.1, 0.15) is 44.5 Å². The number of amides is 1. The second-order valence-corrected chi connectivity index (χ2v) is 6.36. The van der Waals surface area contributed by atoms with Crippen LogP contribution in [0.3, 0.4) is 0 Å². The first-order valence-electron chi connectivity index (χ1n) is 6.95. The zero-order valence-electron chi connectivity index (χ0n) is 12.8. The van der Waals surface area contributed by atoms with Gasteiger partial charge in [-0.15, -0.1) is 11.3 Å². The molecule has 0 spiro atoms. The summed E-state index contributed by atoms with van der Waals surface area (Å²) in [7, 11) is 1.84. The second-order valence-electron chi connectivity index (χ2n) is 5.16. The first-order chi connectivity index (χ1) is 9.90. The summed E-state index contributed by atoms with van der Waals surface area (Å²) in [5.41, 5.74) is 2.28. The maximum atomic E-state index is 12.2. The predicted molar refractivity (Wildman–Crippen MR) is 83.7 cm³/mol. The molecule has 1 atom stereocenters. The quantitative estimate of drug-likeness (QED) is 0.889. The molecule has 0 bridgehead atoms. The number of hydrogen-bond acceptors (Lipinski definition) is 4. The van der Waals surface area contributed by atoms with Crippen LogP contribution in [0, 0.1) is 13.8 Å². The number of rotatable bonds is 5. The number of hydrogen-bond donors (Lipinski definition) is 2. The predicted octanol–water partition coefficient (Wildman–Crippen LogP) is 2.12. The smallest absolute Gasteiger partial charge is 0.255 e. The lowest BCUT2D eigenvalue weighted by Crippen LogP contribution is -2.26. The molecule has 2 aromatic rings. The maximum absolute atomic E-state index is 12.2. The van der Waals surface area contributed by atoms with E-state index < -0.39 is 6.10 Å². The zero-order valence-corrected chi connectivity index (χ0v) is 13.6. The highest BCUT2D eigenvalue weighted by atomic mass is 32.1. The molecule has 2 aromatic heterocycles. The summed E-state index contributed by atoms with van der Waals surface area (Å²) in [6.07, 6.45) is 0.334. The average Bonchev–Trinajstić information content (AvgIpc) is 2.96. The Hall–Kier alpha value is -1.66. The third kappa shape index (κ3) is 3.51. The van der Waals surface area contributed by atoms with Gasteiger partial charge in [0, 0.05) is 29.0 Å². The van der Waals surface area contributed by atoms with Crippen molar-refractivity contribution in [2.75, 3.05) is 6.54 Å². The SMILES string of the molecule is Cc1nn(C)c(C)c1C(=O)NCCc1ccc(C(C)O)s1. The first kappa shape index (κ1) is 15.7. The Labute approximate surface area is 128 Å². The van der Waals surface area contributed by atoms with Crippen LogP contribution >= 0.6 is 11.3 Å². The average molecular weight is 307 g/mol. The third-order valence-electron chi connectivity index (χ3n) is 3.49. The summed E-state index contributed by atoms with van der Waals surface area (Å²) < 4.78 is 1.72. The van der Waals surface area contributed by atoms with E-state index in [2.05, 4.69) is 10.4 Å². The Morgan fingerprint density at radius 1 is 1.48 bits per heavy atom. The standard InChI is InChI=1S/C15H21N3O2S/c1-9-14(10(2)18(4)17-9)15(20)16-8-7-12-5-6-13(21-12)11(3)19/h5-6,11,19H,7-8H2,1-4H3,(H,16,20). The molecule has 114 valence electrons. The Balaban J connectivity index is 1.92. The molecule has 0 aliphatic rings. The fraction of sp³-hybridized carbons (Fsp3) is 0.467. The zero-order chi connectivity index (χ0) is 15.6. The fourth-order valence-corrected chi connectivity index (χ4v) is 3.19. The lowest BCUT2D eigenvalue weighted by Gasteiger charge is -2.05. The second kappa shape index (κ2) is 6.41. The van der Waals surface area contributed by atoms with E-state index in [1.54, 1.807) is 22.9 Å². The monoisotopic (exact) mass is 307 g/mol. The van der Waals surface area contributed by atoms with Crippen LogP contribution in [0.15, 0.2) is 12.1 Å². The van der Waals surface area contributed by atoms with E-state index in [0.717, 1.165) is 27.6 Å². The van der Waals surface area contributed by atoms with Gasteiger partial charge in [-0.3, -0.25) is 9.48 Å². The van der Waals surface area contributed by atoms with Crippen molar-refractivity contribution in [1.82, 2.24) is 15.1 Å². The minimum absolute atomic E-state index is 0.0783. The molecule has 6 heteroatoms. The molecule has 1 amide bonds.